The predicted octanol–water partition coefficient (Wildman–Crippen LogP) is 1.49. The largest absolute Gasteiger partial charge is 0.325 e. The number of rotatable bonds is 2. The van der Waals surface area contributed by atoms with Gasteiger partial charge in [-0.1, -0.05) is 18.2 Å². The molecule has 2 fully saturated rings. The van der Waals surface area contributed by atoms with Crippen LogP contribution in [0.25, 0.3) is 0 Å². The van der Waals surface area contributed by atoms with Gasteiger partial charge in [0.15, 0.2) is 0 Å². The molecule has 0 saturated carbocycles. The van der Waals surface area contributed by atoms with Crippen molar-refractivity contribution in [1.29, 1.82) is 5.26 Å². The maximum atomic E-state index is 12.5. The van der Waals surface area contributed by atoms with E-state index in [1.165, 1.54) is 4.90 Å². The summed E-state index contributed by atoms with van der Waals surface area (Å²) < 4.78 is 0. The van der Waals surface area contributed by atoms with Gasteiger partial charge in [-0.25, -0.2) is 4.79 Å². The number of benzene rings is 1. The smallest absolute Gasteiger partial charge is 0.322 e. The lowest BCUT2D eigenvalue weighted by atomic mass is 9.99. The molecule has 2 aliphatic rings. The number of amides is 3. The Labute approximate surface area is 120 Å². The summed E-state index contributed by atoms with van der Waals surface area (Å²) in [6, 6.07) is 8.76. The summed E-state index contributed by atoms with van der Waals surface area (Å²) in [5.74, 6) is 1.35. The average Bonchev–Trinajstić information content (AvgIpc) is 3.01. The van der Waals surface area contributed by atoms with Gasteiger partial charge in [-0.2, -0.15) is 17.0 Å². The van der Waals surface area contributed by atoms with Gasteiger partial charge in [-0.05, 0) is 23.8 Å². The quantitative estimate of drug-likeness (QED) is 0.836. The number of imide groups is 1. The van der Waals surface area contributed by atoms with Crippen LogP contribution < -0.4 is 5.32 Å². The van der Waals surface area contributed by atoms with Gasteiger partial charge in [0, 0.05) is 5.75 Å². The highest BCUT2D eigenvalue weighted by Gasteiger charge is 2.52. The number of nitrogens with zero attached hydrogens (tertiary/aromatic N) is 2. The van der Waals surface area contributed by atoms with E-state index in [2.05, 4.69) is 11.4 Å². The van der Waals surface area contributed by atoms with E-state index in [9.17, 15) is 9.59 Å². The van der Waals surface area contributed by atoms with Crippen molar-refractivity contribution < 1.29 is 9.59 Å². The number of carbonyl (C=O) groups is 2. The number of thioether (sulfide) groups is 1. The van der Waals surface area contributed by atoms with Crippen molar-refractivity contribution in [3.63, 3.8) is 0 Å². The van der Waals surface area contributed by atoms with Gasteiger partial charge in [0.05, 0.1) is 18.2 Å². The van der Waals surface area contributed by atoms with Crippen LogP contribution in [0.15, 0.2) is 24.3 Å². The number of nitriles is 1. The third-order valence-electron chi connectivity index (χ3n) is 3.73. The van der Waals surface area contributed by atoms with Gasteiger partial charge in [0.2, 0.25) is 0 Å². The molecule has 102 valence electrons. The number of hydrogen-bond acceptors (Lipinski definition) is 4. The molecule has 1 N–H and O–H groups in total. The molecule has 6 heteroatoms. The average molecular weight is 287 g/mol. The minimum absolute atomic E-state index is 0.154. The molecule has 1 aromatic carbocycles. The number of urea groups is 1. The molecule has 0 bridgehead atoms. The van der Waals surface area contributed by atoms with E-state index < -0.39 is 5.54 Å². The highest BCUT2D eigenvalue weighted by Crippen LogP contribution is 2.34. The van der Waals surface area contributed by atoms with E-state index in [0.29, 0.717) is 23.3 Å². The number of carbonyl (C=O) groups excluding carboxylic acids is 2. The fraction of sp³-hybridized carbons (Fsp3) is 0.357. The monoisotopic (exact) mass is 287 g/mol. The second-order valence-corrected chi connectivity index (χ2v) is 6.08. The van der Waals surface area contributed by atoms with Crippen LogP contribution in [0.3, 0.4) is 0 Å². The first kappa shape index (κ1) is 13.0. The third kappa shape index (κ3) is 1.95. The summed E-state index contributed by atoms with van der Waals surface area (Å²) in [7, 11) is 0. The molecular weight excluding hydrogens is 274 g/mol. The summed E-state index contributed by atoms with van der Waals surface area (Å²) in [6.45, 7) is 0.154. The molecule has 3 amide bonds. The van der Waals surface area contributed by atoms with E-state index in [0.717, 1.165) is 5.75 Å². The topological polar surface area (TPSA) is 73.2 Å². The molecule has 2 aliphatic heterocycles. The van der Waals surface area contributed by atoms with Gasteiger partial charge in [-0.15, -0.1) is 0 Å². The zero-order valence-electron chi connectivity index (χ0n) is 10.8. The first-order valence-electron chi connectivity index (χ1n) is 6.36. The van der Waals surface area contributed by atoms with E-state index in [-0.39, 0.29) is 18.5 Å². The minimum atomic E-state index is -0.719. The molecule has 20 heavy (non-hydrogen) atoms. The fourth-order valence-electron chi connectivity index (χ4n) is 2.59. The molecule has 2 heterocycles. The first-order chi connectivity index (χ1) is 9.66. The molecule has 5 nitrogen and oxygen atoms in total. The van der Waals surface area contributed by atoms with E-state index in [1.54, 1.807) is 36.0 Å². The minimum Gasteiger partial charge on any atom is -0.322 e. The zero-order valence-corrected chi connectivity index (χ0v) is 11.6. The molecule has 1 spiro atoms. The van der Waals surface area contributed by atoms with Crippen LogP contribution in [0.2, 0.25) is 0 Å². The normalized spacial score (nSPS) is 25.1. The number of nitrogens with one attached hydrogen (secondary N) is 1. The SMILES string of the molecule is N#Cc1ccccc1CN1C(=O)NC2(CCSC2)C1=O. The standard InChI is InChI=1S/C14H13N3O2S/c15-7-10-3-1-2-4-11(10)8-17-12(18)14(16-13(17)19)5-6-20-9-14/h1-4H,5-6,8-9H2,(H,16,19). The highest BCUT2D eigenvalue weighted by molar-refractivity contribution is 7.99. The Morgan fingerprint density at radius 1 is 1.40 bits per heavy atom. The van der Waals surface area contributed by atoms with Crippen LogP contribution in [0.5, 0.6) is 0 Å². The summed E-state index contributed by atoms with van der Waals surface area (Å²) in [5, 5.41) is 11.9. The maximum Gasteiger partial charge on any atom is 0.325 e. The van der Waals surface area contributed by atoms with Crippen molar-refractivity contribution in [2.45, 2.75) is 18.5 Å². The maximum absolute atomic E-state index is 12.5. The van der Waals surface area contributed by atoms with Gasteiger partial charge < -0.3 is 5.32 Å². The molecule has 0 radical (unpaired) electrons. The van der Waals surface area contributed by atoms with Gasteiger partial charge in [-0.3, -0.25) is 9.69 Å². The summed E-state index contributed by atoms with van der Waals surface area (Å²) >= 11 is 1.68. The first-order valence-corrected chi connectivity index (χ1v) is 7.52. The molecule has 3 rings (SSSR count). The molecular formula is C14H13N3O2S. The summed E-state index contributed by atoms with van der Waals surface area (Å²) in [5.41, 5.74) is 0.472. The lowest BCUT2D eigenvalue weighted by molar-refractivity contribution is -0.130. The Hall–Kier alpha value is -2.00. The molecule has 1 aromatic rings. The van der Waals surface area contributed by atoms with E-state index >= 15 is 0 Å². The second kappa shape index (κ2) is 4.84. The van der Waals surface area contributed by atoms with Crippen LogP contribution >= 0.6 is 11.8 Å². The zero-order chi connectivity index (χ0) is 14.2. The van der Waals surface area contributed by atoms with Crippen molar-refractivity contribution in [2.24, 2.45) is 0 Å². The Morgan fingerprint density at radius 2 is 2.20 bits per heavy atom. The highest BCUT2D eigenvalue weighted by atomic mass is 32.2. The summed E-state index contributed by atoms with van der Waals surface area (Å²) in [4.78, 5) is 25.8. The van der Waals surface area contributed by atoms with Gasteiger partial charge >= 0.3 is 6.03 Å². The molecule has 1 atom stereocenters. The Bertz CT molecular complexity index is 617. The van der Waals surface area contributed by atoms with Crippen LogP contribution in [-0.2, 0) is 11.3 Å². The second-order valence-electron chi connectivity index (χ2n) is 4.98. The molecule has 0 aliphatic carbocycles. The Kier molecular flexibility index (Phi) is 3.14. The van der Waals surface area contributed by atoms with Crippen LogP contribution in [0, 0.1) is 11.3 Å². The van der Waals surface area contributed by atoms with Crippen molar-refractivity contribution in [3.8, 4) is 6.07 Å². The lowest BCUT2D eigenvalue weighted by Gasteiger charge is -2.19. The lowest BCUT2D eigenvalue weighted by Crippen LogP contribution is -2.46. The Morgan fingerprint density at radius 3 is 2.90 bits per heavy atom. The van der Waals surface area contributed by atoms with E-state index in [1.807, 2.05) is 0 Å². The number of hydrogen-bond donors (Lipinski definition) is 1. The molecule has 0 aromatic heterocycles. The van der Waals surface area contributed by atoms with Crippen LogP contribution in [0.4, 0.5) is 4.79 Å². The molecule has 1 unspecified atom stereocenters. The van der Waals surface area contributed by atoms with Crippen LogP contribution in [-0.4, -0.2) is 33.9 Å². The van der Waals surface area contributed by atoms with Crippen molar-refractivity contribution in [2.75, 3.05) is 11.5 Å². The predicted molar refractivity (Wildman–Crippen MR) is 74.9 cm³/mol. The van der Waals surface area contributed by atoms with E-state index in [4.69, 9.17) is 5.26 Å². The van der Waals surface area contributed by atoms with Gasteiger partial charge in [0.1, 0.15) is 5.54 Å². The third-order valence-corrected chi connectivity index (χ3v) is 4.92. The Balaban J connectivity index is 1.86. The fourth-order valence-corrected chi connectivity index (χ4v) is 3.92. The van der Waals surface area contributed by atoms with Crippen molar-refractivity contribution in [1.82, 2.24) is 10.2 Å². The molecule has 2 saturated heterocycles. The van der Waals surface area contributed by atoms with Crippen LogP contribution in [0.1, 0.15) is 17.5 Å². The van der Waals surface area contributed by atoms with Gasteiger partial charge in [0.25, 0.3) is 5.91 Å². The van der Waals surface area contributed by atoms with Crippen molar-refractivity contribution in [3.05, 3.63) is 35.4 Å². The summed E-state index contributed by atoms with van der Waals surface area (Å²) in [6.07, 6.45) is 0.679. The van der Waals surface area contributed by atoms with Crippen molar-refractivity contribution >= 4 is 23.7 Å².